The molecule has 0 fully saturated rings. The Hall–Kier alpha value is -2.23. The topological polar surface area (TPSA) is 92.7 Å². The van der Waals surface area contributed by atoms with Gasteiger partial charge in [0, 0.05) is 0 Å². The Labute approximate surface area is 162 Å². The molecule has 0 saturated carbocycles. The van der Waals surface area contributed by atoms with Crippen LogP contribution < -0.4 is 4.72 Å². The monoisotopic (exact) mass is 477 g/mol. The molecule has 0 aromatic heterocycles. The second-order valence-corrected chi connectivity index (χ2v) is 7.49. The molecule has 30 heavy (non-hydrogen) atoms. The fourth-order valence-electron chi connectivity index (χ4n) is 1.97. The molecule has 1 aromatic rings. The summed E-state index contributed by atoms with van der Waals surface area (Å²) in [5.74, 6) is -16.8. The lowest BCUT2D eigenvalue weighted by Crippen LogP contribution is -2.66. The van der Waals surface area contributed by atoms with Crippen LogP contribution in [0.15, 0.2) is 24.3 Å². The summed E-state index contributed by atoms with van der Waals surface area (Å²) in [4.78, 5) is 11.6. The van der Waals surface area contributed by atoms with E-state index >= 15 is 0 Å². The molecule has 0 amide bonds. The first-order valence-corrected chi connectivity index (χ1v) is 8.88. The average Bonchev–Trinajstić information content (AvgIpc) is 2.60. The van der Waals surface area contributed by atoms with E-state index in [0.717, 1.165) is 24.3 Å². The van der Waals surface area contributed by atoms with Gasteiger partial charge in [-0.25, -0.2) is 8.42 Å². The molecule has 0 radical (unpaired) electrons. The van der Waals surface area contributed by atoms with Crippen LogP contribution in [0.25, 0.3) is 0 Å². The number of carbonyl (C=O) groups excluding carboxylic acids is 1. The number of aromatic hydroxyl groups is 1. The molecule has 0 aliphatic heterocycles. The SMILES string of the molecule is COC(=O)C(Cc1ccc(O)cc1)NS(=O)(=O)C(F)(F)C(F)(F)C(F)(F)C(F)(F)F. The van der Waals surface area contributed by atoms with Gasteiger partial charge in [0.15, 0.2) is 0 Å². The smallest absolute Gasteiger partial charge is 0.460 e. The van der Waals surface area contributed by atoms with Crippen molar-refractivity contribution >= 4 is 16.0 Å². The molecule has 0 heterocycles. The van der Waals surface area contributed by atoms with Crippen LogP contribution in [0.2, 0.25) is 0 Å². The minimum atomic E-state index is -7.44. The van der Waals surface area contributed by atoms with Crippen molar-refractivity contribution in [2.24, 2.45) is 0 Å². The van der Waals surface area contributed by atoms with Gasteiger partial charge in [-0.05, 0) is 24.1 Å². The second kappa shape index (κ2) is 8.13. The summed E-state index contributed by atoms with van der Waals surface area (Å²) in [5.41, 5.74) is -0.0541. The molecule has 16 heteroatoms. The first-order valence-electron chi connectivity index (χ1n) is 7.39. The number of carbonyl (C=O) groups is 1. The van der Waals surface area contributed by atoms with Crippen LogP contribution in [0.4, 0.5) is 39.5 Å². The highest BCUT2D eigenvalue weighted by Crippen LogP contribution is 2.54. The van der Waals surface area contributed by atoms with Crippen LogP contribution in [-0.2, 0) is 26.0 Å². The number of nitrogens with one attached hydrogen (secondary N) is 1. The van der Waals surface area contributed by atoms with E-state index in [1.54, 1.807) is 0 Å². The predicted molar refractivity (Wildman–Crippen MR) is 80.6 cm³/mol. The number of phenols is 1. The second-order valence-electron chi connectivity index (χ2n) is 5.73. The molecule has 0 bridgehead atoms. The molecule has 1 rings (SSSR count). The Morgan fingerprint density at radius 2 is 1.47 bits per heavy atom. The van der Waals surface area contributed by atoms with Crippen LogP contribution >= 0.6 is 0 Å². The van der Waals surface area contributed by atoms with Crippen LogP contribution in [0.3, 0.4) is 0 Å². The summed E-state index contributed by atoms with van der Waals surface area (Å²) in [6.07, 6.45) is -8.09. The first kappa shape index (κ1) is 25.8. The summed E-state index contributed by atoms with van der Waals surface area (Å²) >= 11 is 0. The van der Waals surface area contributed by atoms with Gasteiger partial charge in [-0.2, -0.15) is 44.2 Å². The van der Waals surface area contributed by atoms with E-state index in [1.165, 1.54) is 0 Å². The quantitative estimate of drug-likeness (QED) is 0.444. The van der Waals surface area contributed by atoms with Gasteiger partial charge in [-0.1, -0.05) is 12.1 Å². The highest BCUT2D eigenvalue weighted by atomic mass is 32.2. The van der Waals surface area contributed by atoms with E-state index in [1.807, 2.05) is 0 Å². The maximum Gasteiger partial charge on any atom is 0.460 e. The lowest BCUT2D eigenvalue weighted by Gasteiger charge is -2.33. The number of sulfonamides is 1. The third-order valence-electron chi connectivity index (χ3n) is 3.61. The van der Waals surface area contributed by atoms with Gasteiger partial charge in [0.1, 0.15) is 11.8 Å². The fourth-order valence-corrected chi connectivity index (χ4v) is 3.14. The Morgan fingerprint density at radius 3 is 1.87 bits per heavy atom. The van der Waals surface area contributed by atoms with Crippen LogP contribution in [0.5, 0.6) is 5.75 Å². The zero-order valence-corrected chi connectivity index (χ0v) is 15.3. The number of hydrogen-bond acceptors (Lipinski definition) is 5. The van der Waals surface area contributed by atoms with Crippen molar-refractivity contribution in [3.8, 4) is 5.75 Å². The molecular formula is C14H12F9NO5S. The van der Waals surface area contributed by atoms with Gasteiger partial charge in [-0.3, -0.25) is 4.79 Å². The van der Waals surface area contributed by atoms with Gasteiger partial charge in [0.25, 0.3) is 10.0 Å². The zero-order chi connectivity index (χ0) is 23.8. The van der Waals surface area contributed by atoms with Crippen molar-refractivity contribution in [3.05, 3.63) is 29.8 Å². The summed E-state index contributed by atoms with van der Waals surface area (Å²) < 4.78 is 145. The van der Waals surface area contributed by atoms with Gasteiger partial charge in [-0.15, -0.1) is 0 Å². The molecule has 2 N–H and O–H groups in total. The van der Waals surface area contributed by atoms with Gasteiger partial charge in [0.2, 0.25) is 0 Å². The number of methoxy groups -OCH3 is 1. The Kier molecular flexibility index (Phi) is 6.99. The lowest BCUT2D eigenvalue weighted by atomic mass is 10.1. The van der Waals surface area contributed by atoms with Crippen LogP contribution in [0, 0.1) is 0 Å². The zero-order valence-electron chi connectivity index (χ0n) is 14.5. The highest BCUT2D eigenvalue weighted by molar-refractivity contribution is 7.90. The predicted octanol–water partition coefficient (Wildman–Crippen LogP) is 2.82. The number of hydrogen-bond donors (Lipinski definition) is 2. The van der Waals surface area contributed by atoms with Gasteiger partial charge >= 0.3 is 29.2 Å². The average molecular weight is 477 g/mol. The number of benzene rings is 1. The standard InChI is InChI=1S/C14H12F9NO5S/c1-29-10(26)9(6-7-2-4-8(25)5-3-7)24-30(27,28)14(22,23)12(17,18)11(15,16)13(19,20)21/h2-5,9,24-25H,6H2,1H3. The summed E-state index contributed by atoms with van der Waals surface area (Å²) in [6.45, 7) is 0. The normalized spacial score (nSPS) is 15.0. The molecule has 0 aliphatic rings. The third-order valence-corrected chi connectivity index (χ3v) is 5.14. The summed E-state index contributed by atoms with van der Waals surface area (Å²) in [5, 5.41) is 2.12. The number of rotatable bonds is 8. The van der Waals surface area contributed by atoms with Crippen molar-refractivity contribution in [2.75, 3.05) is 7.11 Å². The van der Waals surface area contributed by atoms with E-state index in [0.29, 0.717) is 11.8 Å². The maximum atomic E-state index is 13.8. The lowest BCUT2D eigenvalue weighted by molar-refractivity contribution is -0.382. The van der Waals surface area contributed by atoms with Crippen molar-refractivity contribution in [2.45, 2.75) is 35.7 Å². The molecule has 0 spiro atoms. The van der Waals surface area contributed by atoms with Gasteiger partial charge in [0.05, 0.1) is 7.11 Å². The van der Waals surface area contributed by atoms with Crippen LogP contribution in [-0.4, -0.2) is 55.9 Å². The Morgan fingerprint density at radius 1 is 1.00 bits per heavy atom. The Bertz CT molecular complexity index is 869. The third kappa shape index (κ3) is 4.58. The summed E-state index contributed by atoms with van der Waals surface area (Å²) in [6, 6.07) is 1.69. The molecule has 1 atom stereocenters. The van der Waals surface area contributed by atoms with Crippen LogP contribution in [0.1, 0.15) is 5.56 Å². The number of esters is 1. The molecule has 0 aliphatic carbocycles. The van der Waals surface area contributed by atoms with Crippen molar-refractivity contribution in [1.29, 1.82) is 0 Å². The largest absolute Gasteiger partial charge is 0.508 e. The number of phenolic OH excluding ortho intramolecular Hbond substituents is 1. The van der Waals surface area contributed by atoms with Crippen molar-refractivity contribution < 1.29 is 62.6 Å². The molecule has 1 aromatic carbocycles. The first-order chi connectivity index (χ1) is 13.3. The van der Waals surface area contributed by atoms with E-state index in [-0.39, 0.29) is 11.3 Å². The maximum absolute atomic E-state index is 13.8. The number of ether oxygens (including phenoxy) is 1. The minimum Gasteiger partial charge on any atom is -0.508 e. The van der Waals surface area contributed by atoms with E-state index in [2.05, 4.69) is 4.74 Å². The van der Waals surface area contributed by atoms with Crippen molar-refractivity contribution in [3.63, 3.8) is 0 Å². The molecule has 6 nitrogen and oxygen atoms in total. The fraction of sp³-hybridized carbons (Fsp3) is 0.500. The molecule has 172 valence electrons. The Balaban J connectivity index is 3.33. The number of alkyl halides is 9. The van der Waals surface area contributed by atoms with E-state index in [4.69, 9.17) is 5.11 Å². The highest BCUT2D eigenvalue weighted by Gasteiger charge is 2.85. The van der Waals surface area contributed by atoms with Gasteiger partial charge < -0.3 is 9.84 Å². The summed E-state index contributed by atoms with van der Waals surface area (Å²) in [7, 11) is -6.38. The molecule has 1 unspecified atom stereocenters. The number of halogens is 9. The van der Waals surface area contributed by atoms with E-state index < -0.39 is 51.7 Å². The molecular weight excluding hydrogens is 465 g/mol. The minimum absolute atomic E-state index is 0.0541. The molecule has 0 saturated heterocycles. The van der Waals surface area contributed by atoms with Crippen molar-refractivity contribution in [1.82, 2.24) is 4.72 Å². The van der Waals surface area contributed by atoms with E-state index in [9.17, 15) is 52.7 Å².